The van der Waals surface area contributed by atoms with Crippen molar-refractivity contribution < 1.29 is 9.53 Å². The first kappa shape index (κ1) is 21.0. The van der Waals surface area contributed by atoms with Crippen LogP contribution in [0.5, 0.6) is 5.75 Å². The molecule has 0 fully saturated rings. The lowest BCUT2D eigenvalue weighted by Gasteiger charge is -2.16. The number of rotatable bonds is 8. The molecule has 0 atom stereocenters. The molecule has 1 aromatic carbocycles. The van der Waals surface area contributed by atoms with Gasteiger partial charge >= 0.3 is 0 Å². The average Bonchev–Trinajstić information content (AvgIpc) is 3.05. The van der Waals surface area contributed by atoms with Crippen molar-refractivity contribution in [3.05, 3.63) is 23.5 Å². The number of nitrogens with zero attached hydrogens (tertiary/aromatic N) is 4. The lowest BCUT2D eigenvalue weighted by atomic mass is 9.88. The molecule has 0 amide bonds. The molecule has 0 spiro atoms. The van der Waals surface area contributed by atoms with Crippen LogP contribution in [-0.4, -0.2) is 39.0 Å². The number of unbranched alkanes of at least 4 members (excludes halogenated alkanes) is 2. The second-order valence-corrected chi connectivity index (χ2v) is 8.59. The Bertz CT molecular complexity index is 1030. The fraction of sp³-hybridized carbons (Fsp3) is 0.545. The third-order valence-electron chi connectivity index (χ3n) is 5.21. The number of carbonyl (C=O) groups excluding carboxylic acids is 1. The van der Waals surface area contributed by atoms with Gasteiger partial charge in [-0.25, -0.2) is 4.98 Å². The summed E-state index contributed by atoms with van der Waals surface area (Å²) in [4.78, 5) is 16.8. The fourth-order valence-electron chi connectivity index (χ4n) is 3.41. The van der Waals surface area contributed by atoms with E-state index in [1.807, 2.05) is 45.1 Å². The maximum Gasteiger partial charge on any atom is 0.204 e. The van der Waals surface area contributed by atoms with Crippen LogP contribution in [-0.2, 0) is 4.79 Å². The van der Waals surface area contributed by atoms with Crippen LogP contribution in [0.2, 0.25) is 0 Å². The highest BCUT2D eigenvalue weighted by molar-refractivity contribution is 5.85. The van der Waals surface area contributed by atoms with Crippen LogP contribution in [0.4, 0.5) is 5.82 Å². The molecule has 1 N–H and O–H groups in total. The molecule has 0 saturated carbocycles. The van der Waals surface area contributed by atoms with Gasteiger partial charge in [0.05, 0.1) is 18.1 Å². The first-order valence-corrected chi connectivity index (χ1v) is 10.2. The Morgan fingerprint density at radius 1 is 1.14 bits per heavy atom. The number of benzene rings is 1. The number of nitrogens with one attached hydrogen (secondary N) is 1. The summed E-state index contributed by atoms with van der Waals surface area (Å²) in [6.07, 6.45) is 3.52. The van der Waals surface area contributed by atoms with E-state index in [-0.39, 0.29) is 5.41 Å². The number of fused-ring (bicyclic) bond motifs is 3. The second kappa shape index (κ2) is 8.35. The van der Waals surface area contributed by atoms with E-state index in [1.165, 1.54) is 0 Å². The number of Topliss-reactive ketones (excluding diaryl/α,β-unsaturated/α-hetero) is 1. The van der Waals surface area contributed by atoms with Crippen molar-refractivity contribution in [2.45, 2.75) is 60.3 Å². The van der Waals surface area contributed by atoms with Gasteiger partial charge in [0.15, 0.2) is 5.82 Å². The van der Waals surface area contributed by atoms with Gasteiger partial charge in [0.1, 0.15) is 17.4 Å². The Hall–Kier alpha value is -2.70. The summed E-state index contributed by atoms with van der Waals surface area (Å²) in [6, 6.07) is 4.01. The highest BCUT2D eigenvalue weighted by Crippen LogP contribution is 2.28. The zero-order chi connectivity index (χ0) is 21.2. The van der Waals surface area contributed by atoms with E-state index in [0.717, 1.165) is 65.4 Å². The minimum atomic E-state index is -0.246. The molecular weight excluding hydrogens is 366 g/mol. The van der Waals surface area contributed by atoms with E-state index in [2.05, 4.69) is 21.6 Å². The number of aryl methyl sites for hydroxylation is 2. The van der Waals surface area contributed by atoms with E-state index in [9.17, 15) is 4.79 Å². The van der Waals surface area contributed by atoms with Crippen molar-refractivity contribution in [2.75, 3.05) is 19.0 Å². The molecule has 7 heteroatoms. The molecular formula is C22H31N5O2. The summed E-state index contributed by atoms with van der Waals surface area (Å²) in [5.41, 5.74) is 3.32. The summed E-state index contributed by atoms with van der Waals surface area (Å²) in [5, 5.41) is 12.0. The van der Waals surface area contributed by atoms with Crippen molar-refractivity contribution in [3.8, 4) is 5.75 Å². The van der Waals surface area contributed by atoms with Gasteiger partial charge in [0.25, 0.3) is 0 Å². The van der Waals surface area contributed by atoms with Crippen LogP contribution in [0, 0.1) is 19.3 Å². The van der Waals surface area contributed by atoms with Gasteiger partial charge in [0.2, 0.25) is 5.65 Å². The summed E-state index contributed by atoms with van der Waals surface area (Å²) in [7, 11) is 1.67. The Morgan fingerprint density at radius 3 is 2.59 bits per heavy atom. The van der Waals surface area contributed by atoms with E-state index in [0.29, 0.717) is 12.2 Å². The Balaban J connectivity index is 1.72. The molecule has 0 saturated heterocycles. The van der Waals surface area contributed by atoms with Crippen LogP contribution < -0.4 is 10.1 Å². The van der Waals surface area contributed by atoms with Crippen molar-refractivity contribution in [3.63, 3.8) is 0 Å². The van der Waals surface area contributed by atoms with Gasteiger partial charge in [-0.15, -0.1) is 10.2 Å². The summed E-state index contributed by atoms with van der Waals surface area (Å²) >= 11 is 0. The number of aromatic nitrogens is 4. The minimum absolute atomic E-state index is 0.246. The maximum atomic E-state index is 12.0. The zero-order valence-corrected chi connectivity index (χ0v) is 18.3. The number of anilines is 1. The Kier molecular flexibility index (Phi) is 6.05. The molecule has 156 valence electrons. The molecule has 0 radical (unpaired) electrons. The molecule has 2 aromatic heterocycles. The molecule has 2 heterocycles. The van der Waals surface area contributed by atoms with Gasteiger partial charge in [0, 0.05) is 24.4 Å². The van der Waals surface area contributed by atoms with Crippen LogP contribution in [0.15, 0.2) is 12.1 Å². The van der Waals surface area contributed by atoms with Gasteiger partial charge in [-0.05, 0) is 38.3 Å². The predicted molar refractivity (Wildman–Crippen MR) is 116 cm³/mol. The number of hydrogen-bond donors (Lipinski definition) is 1. The highest BCUT2D eigenvalue weighted by Gasteiger charge is 2.20. The first-order valence-electron chi connectivity index (χ1n) is 10.2. The van der Waals surface area contributed by atoms with E-state index in [4.69, 9.17) is 9.72 Å². The third kappa shape index (κ3) is 4.49. The van der Waals surface area contributed by atoms with Gasteiger partial charge in [-0.1, -0.05) is 27.2 Å². The zero-order valence-electron chi connectivity index (χ0n) is 18.3. The summed E-state index contributed by atoms with van der Waals surface area (Å²) in [6.45, 7) is 10.7. The monoisotopic (exact) mass is 397 g/mol. The molecule has 0 bridgehead atoms. The van der Waals surface area contributed by atoms with Crippen molar-refractivity contribution in [1.82, 2.24) is 19.6 Å². The van der Waals surface area contributed by atoms with E-state index in [1.54, 1.807) is 7.11 Å². The standard InChI is InChI=1S/C22H31N5O2/c1-14-12-17-16(13-18(14)29-6)24-20(21-26-25-15(2)27(17)21)23-11-9-7-8-10-19(28)22(3,4)5/h12-13H,7-11H2,1-6H3,(H,23,24). The molecule has 3 aromatic rings. The minimum Gasteiger partial charge on any atom is -0.496 e. The number of hydrogen-bond acceptors (Lipinski definition) is 6. The van der Waals surface area contributed by atoms with Crippen molar-refractivity contribution in [2.24, 2.45) is 5.41 Å². The van der Waals surface area contributed by atoms with Gasteiger partial charge in [-0.2, -0.15) is 0 Å². The van der Waals surface area contributed by atoms with Crippen LogP contribution in [0.1, 0.15) is 57.8 Å². The van der Waals surface area contributed by atoms with Crippen LogP contribution in [0.25, 0.3) is 16.7 Å². The van der Waals surface area contributed by atoms with Crippen molar-refractivity contribution >= 4 is 28.3 Å². The molecule has 7 nitrogen and oxygen atoms in total. The Morgan fingerprint density at radius 2 is 1.90 bits per heavy atom. The number of ether oxygens (including phenoxy) is 1. The second-order valence-electron chi connectivity index (χ2n) is 8.59. The van der Waals surface area contributed by atoms with Gasteiger partial charge < -0.3 is 10.1 Å². The van der Waals surface area contributed by atoms with Crippen LogP contribution in [0.3, 0.4) is 0 Å². The van der Waals surface area contributed by atoms with E-state index >= 15 is 0 Å². The number of carbonyl (C=O) groups is 1. The highest BCUT2D eigenvalue weighted by atomic mass is 16.5. The number of methoxy groups -OCH3 is 1. The molecule has 0 unspecified atom stereocenters. The Labute approximate surface area is 171 Å². The summed E-state index contributed by atoms with van der Waals surface area (Å²) in [5.74, 6) is 2.67. The lowest BCUT2D eigenvalue weighted by molar-refractivity contribution is -0.126. The van der Waals surface area contributed by atoms with Crippen LogP contribution >= 0.6 is 0 Å². The molecule has 0 aliphatic carbocycles. The maximum absolute atomic E-state index is 12.0. The lowest BCUT2D eigenvalue weighted by Crippen LogP contribution is -2.19. The molecule has 29 heavy (non-hydrogen) atoms. The molecule has 3 rings (SSSR count). The van der Waals surface area contributed by atoms with E-state index < -0.39 is 0 Å². The molecule has 0 aliphatic rings. The SMILES string of the molecule is COc1cc2nc(NCCCCCC(=O)C(C)(C)C)c3nnc(C)n3c2cc1C. The summed E-state index contributed by atoms with van der Waals surface area (Å²) < 4.78 is 7.48. The average molecular weight is 398 g/mol. The largest absolute Gasteiger partial charge is 0.496 e. The van der Waals surface area contributed by atoms with Gasteiger partial charge in [-0.3, -0.25) is 9.20 Å². The quantitative estimate of drug-likeness (QED) is 0.564. The first-order chi connectivity index (χ1) is 13.7. The van der Waals surface area contributed by atoms with Crippen molar-refractivity contribution in [1.29, 1.82) is 0 Å². The third-order valence-corrected chi connectivity index (χ3v) is 5.21. The topological polar surface area (TPSA) is 81.4 Å². The molecule has 0 aliphatic heterocycles. The smallest absolute Gasteiger partial charge is 0.204 e. The number of ketones is 1. The predicted octanol–water partition coefficient (Wildman–Crippen LogP) is 4.49. The fourth-order valence-corrected chi connectivity index (χ4v) is 3.41. The normalized spacial score (nSPS) is 11.9.